The molecule has 0 saturated heterocycles. The maximum atomic E-state index is 4.42. The lowest BCUT2D eigenvalue weighted by atomic mass is 10.4. The molecule has 0 spiro atoms. The van der Waals surface area contributed by atoms with Crippen LogP contribution in [-0.2, 0) is 6.54 Å². The average molecular weight is 264 g/mol. The minimum atomic E-state index is 0.875. The standard InChI is InChI=1S/C13H16N2S2/c1-11-15-12(10-17-11)9-14-7-8-16-13-5-3-2-4-6-13/h2-6,10,14H,7-9H2,1H3. The number of aryl methyl sites for hydroxylation is 1. The first-order valence-electron chi connectivity index (χ1n) is 5.64. The van der Waals surface area contributed by atoms with Crippen LogP contribution in [0, 0.1) is 6.92 Å². The Bertz CT molecular complexity index is 440. The second-order valence-corrected chi connectivity index (χ2v) is 5.93. The third-order valence-corrected chi connectivity index (χ3v) is 4.10. The highest BCUT2D eigenvalue weighted by atomic mass is 32.2. The Balaban J connectivity index is 1.61. The molecule has 0 aliphatic rings. The third-order valence-electron chi connectivity index (χ3n) is 2.26. The topological polar surface area (TPSA) is 24.9 Å². The minimum Gasteiger partial charge on any atom is -0.310 e. The van der Waals surface area contributed by atoms with Crippen molar-refractivity contribution in [2.75, 3.05) is 12.3 Å². The number of hydrogen-bond acceptors (Lipinski definition) is 4. The zero-order valence-electron chi connectivity index (χ0n) is 9.85. The number of thiazole rings is 1. The summed E-state index contributed by atoms with van der Waals surface area (Å²) in [5.74, 6) is 1.09. The summed E-state index contributed by atoms with van der Waals surface area (Å²) in [5, 5.41) is 6.67. The first-order chi connectivity index (χ1) is 8.34. The van der Waals surface area contributed by atoms with Gasteiger partial charge in [0.05, 0.1) is 10.7 Å². The molecule has 0 atom stereocenters. The predicted molar refractivity (Wildman–Crippen MR) is 75.7 cm³/mol. The van der Waals surface area contributed by atoms with E-state index in [4.69, 9.17) is 0 Å². The van der Waals surface area contributed by atoms with Crippen LogP contribution in [0.5, 0.6) is 0 Å². The highest BCUT2D eigenvalue weighted by Gasteiger charge is 1.97. The fourth-order valence-corrected chi connectivity index (χ4v) is 2.91. The second kappa shape index (κ2) is 6.79. The molecule has 1 aromatic carbocycles. The minimum absolute atomic E-state index is 0.875. The van der Waals surface area contributed by atoms with Crippen LogP contribution in [0.25, 0.3) is 0 Å². The van der Waals surface area contributed by atoms with Crippen molar-refractivity contribution in [2.24, 2.45) is 0 Å². The Morgan fingerprint density at radius 2 is 2.12 bits per heavy atom. The van der Waals surface area contributed by atoms with E-state index < -0.39 is 0 Å². The first-order valence-corrected chi connectivity index (χ1v) is 7.51. The number of aromatic nitrogens is 1. The van der Waals surface area contributed by atoms with Crippen LogP contribution in [-0.4, -0.2) is 17.3 Å². The molecule has 2 aromatic rings. The molecule has 1 aromatic heterocycles. The van der Waals surface area contributed by atoms with Crippen LogP contribution < -0.4 is 5.32 Å². The molecule has 0 amide bonds. The largest absolute Gasteiger partial charge is 0.310 e. The van der Waals surface area contributed by atoms with Crippen molar-refractivity contribution in [3.05, 3.63) is 46.4 Å². The molecule has 2 nitrogen and oxygen atoms in total. The van der Waals surface area contributed by atoms with E-state index in [0.717, 1.165) is 29.5 Å². The van der Waals surface area contributed by atoms with Crippen LogP contribution in [0.1, 0.15) is 10.7 Å². The van der Waals surface area contributed by atoms with Crippen molar-refractivity contribution in [2.45, 2.75) is 18.4 Å². The normalized spacial score (nSPS) is 10.6. The molecule has 4 heteroatoms. The third kappa shape index (κ3) is 4.50. The predicted octanol–water partition coefficient (Wildman–Crippen LogP) is 3.33. The molecular weight excluding hydrogens is 248 g/mol. The quantitative estimate of drug-likeness (QED) is 0.640. The summed E-state index contributed by atoms with van der Waals surface area (Å²) in [6.45, 7) is 3.93. The number of benzene rings is 1. The molecule has 1 heterocycles. The van der Waals surface area contributed by atoms with Gasteiger partial charge in [-0.25, -0.2) is 4.98 Å². The van der Waals surface area contributed by atoms with E-state index in [0.29, 0.717) is 0 Å². The summed E-state index contributed by atoms with van der Waals surface area (Å²) in [6.07, 6.45) is 0. The fourth-order valence-electron chi connectivity index (χ4n) is 1.46. The molecule has 90 valence electrons. The zero-order chi connectivity index (χ0) is 11.9. The van der Waals surface area contributed by atoms with E-state index in [9.17, 15) is 0 Å². The Morgan fingerprint density at radius 3 is 2.82 bits per heavy atom. The summed E-state index contributed by atoms with van der Waals surface area (Å²) in [6, 6.07) is 10.5. The van der Waals surface area contributed by atoms with Gasteiger partial charge in [-0.05, 0) is 19.1 Å². The first kappa shape index (κ1) is 12.6. The Labute approximate surface area is 110 Å². The van der Waals surface area contributed by atoms with Crippen molar-refractivity contribution >= 4 is 23.1 Å². The number of thioether (sulfide) groups is 1. The van der Waals surface area contributed by atoms with Crippen LogP contribution in [0.2, 0.25) is 0 Å². The number of nitrogens with zero attached hydrogens (tertiary/aromatic N) is 1. The second-order valence-electron chi connectivity index (χ2n) is 3.70. The van der Waals surface area contributed by atoms with Gasteiger partial charge in [-0.2, -0.15) is 0 Å². The van der Waals surface area contributed by atoms with Gasteiger partial charge >= 0.3 is 0 Å². The van der Waals surface area contributed by atoms with Crippen molar-refractivity contribution < 1.29 is 0 Å². The van der Waals surface area contributed by atoms with Gasteiger partial charge in [0.1, 0.15) is 0 Å². The van der Waals surface area contributed by atoms with Crippen molar-refractivity contribution in [1.29, 1.82) is 0 Å². The molecule has 0 aliphatic heterocycles. The average Bonchev–Trinajstić information content (AvgIpc) is 2.76. The van der Waals surface area contributed by atoms with Gasteiger partial charge in [-0.1, -0.05) is 18.2 Å². The summed E-state index contributed by atoms with van der Waals surface area (Å²) >= 11 is 3.59. The Hall–Kier alpha value is -0.840. The van der Waals surface area contributed by atoms with E-state index in [2.05, 4.69) is 39.9 Å². The van der Waals surface area contributed by atoms with E-state index in [1.54, 1.807) is 11.3 Å². The van der Waals surface area contributed by atoms with Crippen molar-refractivity contribution in [3.8, 4) is 0 Å². The molecule has 0 aliphatic carbocycles. The molecule has 17 heavy (non-hydrogen) atoms. The van der Waals surface area contributed by atoms with Crippen LogP contribution in [0.3, 0.4) is 0 Å². The van der Waals surface area contributed by atoms with Crippen LogP contribution >= 0.6 is 23.1 Å². The number of hydrogen-bond donors (Lipinski definition) is 1. The molecule has 2 rings (SSSR count). The van der Waals surface area contributed by atoms with E-state index >= 15 is 0 Å². The van der Waals surface area contributed by atoms with Gasteiger partial charge in [0.15, 0.2) is 0 Å². The maximum Gasteiger partial charge on any atom is 0.0897 e. The molecular formula is C13H16N2S2. The van der Waals surface area contributed by atoms with Gasteiger partial charge in [0.25, 0.3) is 0 Å². The Kier molecular flexibility index (Phi) is 5.04. The smallest absolute Gasteiger partial charge is 0.0897 e. The molecule has 0 fully saturated rings. The number of nitrogens with one attached hydrogen (secondary N) is 1. The summed E-state index contributed by atoms with van der Waals surface area (Å²) < 4.78 is 0. The fraction of sp³-hybridized carbons (Fsp3) is 0.308. The molecule has 1 N–H and O–H groups in total. The summed E-state index contributed by atoms with van der Waals surface area (Å²) in [7, 11) is 0. The highest BCUT2D eigenvalue weighted by Crippen LogP contribution is 2.15. The monoisotopic (exact) mass is 264 g/mol. The van der Waals surface area contributed by atoms with E-state index in [-0.39, 0.29) is 0 Å². The molecule has 0 radical (unpaired) electrons. The SMILES string of the molecule is Cc1nc(CNCCSc2ccccc2)cs1. The van der Waals surface area contributed by atoms with Gasteiger partial charge in [-0.3, -0.25) is 0 Å². The van der Waals surface area contributed by atoms with Crippen molar-refractivity contribution in [1.82, 2.24) is 10.3 Å². The lowest BCUT2D eigenvalue weighted by Gasteiger charge is -2.02. The zero-order valence-corrected chi connectivity index (χ0v) is 11.5. The molecule has 0 unspecified atom stereocenters. The molecule has 0 saturated carbocycles. The maximum absolute atomic E-state index is 4.42. The van der Waals surface area contributed by atoms with Crippen LogP contribution in [0.15, 0.2) is 40.6 Å². The van der Waals surface area contributed by atoms with Gasteiger partial charge in [0, 0.05) is 29.1 Å². The van der Waals surface area contributed by atoms with Crippen molar-refractivity contribution in [3.63, 3.8) is 0 Å². The summed E-state index contributed by atoms with van der Waals surface area (Å²) in [4.78, 5) is 5.75. The Morgan fingerprint density at radius 1 is 1.29 bits per heavy atom. The molecule has 0 bridgehead atoms. The summed E-state index contributed by atoms with van der Waals surface area (Å²) in [5.41, 5.74) is 1.15. The highest BCUT2D eigenvalue weighted by molar-refractivity contribution is 7.99. The van der Waals surface area contributed by atoms with Gasteiger partial charge < -0.3 is 5.32 Å². The van der Waals surface area contributed by atoms with Crippen LogP contribution in [0.4, 0.5) is 0 Å². The van der Waals surface area contributed by atoms with Gasteiger partial charge in [-0.15, -0.1) is 23.1 Å². The number of rotatable bonds is 6. The van der Waals surface area contributed by atoms with Gasteiger partial charge in [0.2, 0.25) is 0 Å². The van der Waals surface area contributed by atoms with E-state index in [1.165, 1.54) is 4.90 Å². The lowest BCUT2D eigenvalue weighted by Crippen LogP contribution is -2.16. The lowest BCUT2D eigenvalue weighted by molar-refractivity contribution is 0.718. The van der Waals surface area contributed by atoms with E-state index in [1.807, 2.05) is 24.8 Å².